The molecule has 0 N–H and O–H groups in total. The van der Waals surface area contributed by atoms with E-state index in [1.807, 2.05) is 12.1 Å². The number of rotatable bonds is 2. The number of nitrogens with zero attached hydrogens (tertiary/aromatic N) is 2. The van der Waals surface area contributed by atoms with Crippen LogP contribution in [0.15, 0.2) is 24.5 Å². The smallest absolute Gasteiger partial charge is 0.219 e. The summed E-state index contributed by atoms with van der Waals surface area (Å²) in [5, 5.41) is 0. The fraction of sp³-hybridized carbons (Fsp3) is 0.615. The van der Waals surface area contributed by atoms with Crippen molar-refractivity contribution in [2.24, 2.45) is 0 Å². The van der Waals surface area contributed by atoms with Crippen LogP contribution < -0.4 is 0 Å². The van der Waals surface area contributed by atoms with Crippen LogP contribution in [-0.4, -0.2) is 29.0 Å². The highest BCUT2D eigenvalue weighted by Gasteiger charge is 2.41. The lowest BCUT2D eigenvalue weighted by atomic mass is 10.1. The summed E-state index contributed by atoms with van der Waals surface area (Å²) in [5.74, 6) is 0. The van der Waals surface area contributed by atoms with Crippen molar-refractivity contribution in [2.75, 3.05) is 6.54 Å². The second-order valence-corrected chi connectivity index (χ2v) is 8.32. The number of hydrogen-bond donors (Lipinski definition) is 0. The van der Waals surface area contributed by atoms with Gasteiger partial charge in [-0.1, -0.05) is 6.07 Å². The predicted molar refractivity (Wildman–Crippen MR) is 71.6 cm³/mol. The molecule has 1 fully saturated rings. The van der Waals surface area contributed by atoms with E-state index >= 15 is 0 Å². The van der Waals surface area contributed by atoms with Gasteiger partial charge in [0.05, 0.1) is 10.8 Å². The van der Waals surface area contributed by atoms with Crippen LogP contribution in [0.25, 0.3) is 0 Å². The standard InChI is InChI=1S/C13H20N2O2S/c1-13(2,3)18(16,17)15-9-5-7-12(15)11-6-4-8-14-10-11/h4,6,8,10,12H,5,7,9H2,1-3H3. The van der Waals surface area contributed by atoms with Crippen LogP contribution in [-0.2, 0) is 10.0 Å². The van der Waals surface area contributed by atoms with Crippen LogP contribution in [0, 0.1) is 0 Å². The largest absolute Gasteiger partial charge is 0.264 e. The van der Waals surface area contributed by atoms with Gasteiger partial charge in [-0.15, -0.1) is 0 Å². The van der Waals surface area contributed by atoms with E-state index in [4.69, 9.17) is 0 Å². The first kappa shape index (κ1) is 13.5. The van der Waals surface area contributed by atoms with E-state index in [0.717, 1.165) is 18.4 Å². The molecule has 100 valence electrons. The molecule has 18 heavy (non-hydrogen) atoms. The minimum Gasteiger partial charge on any atom is -0.264 e. The molecular weight excluding hydrogens is 248 g/mol. The maximum Gasteiger partial charge on any atom is 0.219 e. The summed E-state index contributed by atoms with van der Waals surface area (Å²) < 4.78 is 26.0. The number of sulfonamides is 1. The van der Waals surface area contributed by atoms with Gasteiger partial charge in [-0.3, -0.25) is 4.98 Å². The molecule has 1 aliphatic heterocycles. The van der Waals surface area contributed by atoms with Gasteiger partial charge in [0.2, 0.25) is 10.0 Å². The molecule has 0 spiro atoms. The van der Waals surface area contributed by atoms with E-state index in [0.29, 0.717) is 6.54 Å². The minimum atomic E-state index is -3.27. The zero-order valence-electron chi connectivity index (χ0n) is 11.1. The van der Waals surface area contributed by atoms with Gasteiger partial charge in [0.25, 0.3) is 0 Å². The highest BCUT2D eigenvalue weighted by atomic mass is 32.2. The molecular formula is C13H20N2O2S. The average Bonchev–Trinajstić information content (AvgIpc) is 2.78. The van der Waals surface area contributed by atoms with Gasteiger partial charge in [-0.05, 0) is 45.2 Å². The molecule has 0 amide bonds. The van der Waals surface area contributed by atoms with Gasteiger partial charge in [-0.2, -0.15) is 4.31 Å². The minimum absolute atomic E-state index is 0.0528. The van der Waals surface area contributed by atoms with E-state index in [-0.39, 0.29) is 6.04 Å². The first-order valence-electron chi connectivity index (χ1n) is 6.25. The van der Waals surface area contributed by atoms with E-state index in [1.165, 1.54) is 0 Å². The summed E-state index contributed by atoms with van der Waals surface area (Å²) in [5.41, 5.74) is 0.989. The molecule has 1 saturated heterocycles. The first-order chi connectivity index (χ1) is 8.34. The van der Waals surface area contributed by atoms with Gasteiger partial charge < -0.3 is 0 Å². The Kier molecular flexibility index (Phi) is 3.47. The summed E-state index contributed by atoms with van der Waals surface area (Å²) in [6.07, 6.45) is 5.26. The molecule has 0 bridgehead atoms. The predicted octanol–water partition coefficient (Wildman–Crippen LogP) is 2.35. The Morgan fingerprint density at radius 2 is 2.11 bits per heavy atom. The van der Waals surface area contributed by atoms with Gasteiger partial charge in [-0.25, -0.2) is 8.42 Å². The van der Waals surface area contributed by atoms with Gasteiger partial charge in [0, 0.05) is 18.9 Å². The quantitative estimate of drug-likeness (QED) is 0.827. The lowest BCUT2D eigenvalue weighted by Crippen LogP contribution is -2.42. The summed E-state index contributed by atoms with van der Waals surface area (Å²) in [6.45, 7) is 5.86. The van der Waals surface area contributed by atoms with E-state index < -0.39 is 14.8 Å². The SMILES string of the molecule is CC(C)(C)S(=O)(=O)N1CCCC1c1cccnc1. The van der Waals surface area contributed by atoms with Gasteiger partial charge in [0.15, 0.2) is 0 Å². The van der Waals surface area contributed by atoms with Crippen molar-refractivity contribution in [3.05, 3.63) is 30.1 Å². The lowest BCUT2D eigenvalue weighted by Gasteiger charge is -2.31. The van der Waals surface area contributed by atoms with E-state index in [1.54, 1.807) is 37.5 Å². The van der Waals surface area contributed by atoms with Crippen molar-refractivity contribution in [1.29, 1.82) is 0 Å². The summed E-state index contributed by atoms with van der Waals surface area (Å²) in [7, 11) is -3.27. The zero-order chi connectivity index (χ0) is 13.4. The van der Waals surface area contributed by atoms with Crippen LogP contribution in [0.1, 0.15) is 45.2 Å². The molecule has 0 aromatic carbocycles. The molecule has 2 heterocycles. The van der Waals surface area contributed by atoms with Crippen LogP contribution in [0.3, 0.4) is 0 Å². The molecule has 1 aromatic rings. The highest BCUT2D eigenvalue weighted by molar-refractivity contribution is 7.90. The third-order valence-electron chi connectivity index (χ3n) is 3.36. The summed E-state index contributed by atoms with van der Waals surface area (Å²) in [4.78, 5) is 4.09. The van der Waals surface area contributed by atoms with Crippen LogP contribution in [0.5, 0.6) is 0 Å². The fourth-order valence-corrected chi connectivity index (χ4v) is 3.92. The van der Waals surface area contributed by atoms with E-state index in [9.17, 15) is 8.42 Å². The zero-order valence-corrected chi connectivity index (χ0v) is 11.9. The fourth-order valence-electron chi connectivity index (χ4n) is 2.29. The Morgan fingerprint density at radius 1 is 1.39 bits per heavy atom. The molecule has 1 aromatic heterocycles. The van der Waals surface area contributed by atoms with Crippen LogP contribution >= 0.6 is 0 Å². The molecule has 0 aliphatic carbocycles. The van der Waals surface area contributed by atoms with Crippen LogP contribution in [0.4, 0.5) is 0 Å². The maximum absolute atomic E-state index is 12.5. The van der Waals surface area contributed by atoms with Crippen molar-refractivity contribution in [2.45, 2.75) is 44.4 Å². The molecule has 4 nitrogen and oxygen atoms in total. The average molecular weight is 268 g/mol. The van der Waals surface area contributed by atoms with Crippen LogP contribution in [0.2, 0.25) is 0 Å². The Labute approximate surface area is 109 Å². The van der Waals surface area contributed by atoms with Gasteiger partial charge >= 0.3 is 0 Å². The van der Waals surface area contributed by atoms with E-state index in [2.05, 4.69) is 4.98 Å². The third-order valence-corrected chi connectivity index (χ3v) is 5.96. The monoisotopic (exact) mass is 268 g/mol. The molecule has 1 unspecified atom stereocenters. The number of hydrogen-bond acceptors (Lipinski definition) is 3. The highest BCUT2D eigenvalue weighted by Crippen LogP contribution is 2.37. The summed E-state index contributed by atoms with van der Waals surface area (Å²) >= 11 is 0. The first-order valence-corrected chi connectivity index (χ1v) is 7.69. The van der Waals surface area contributed by atoms with Crippen molar-refractivity contribution in [3.8, 4) is 0 Å². The second kappa shape index (κ2) is 4.63. The summed E-state index contributed by atoms with van der Waals surface area (Å²) in [6, 6.07) is 3.76. The number of aromatic nitrogens is 1. The molecule has 5 heteroatoms. The van der Waals surface area contributed by atoms with Gasteiger partial charge in [0.1, 0.15) is 0 Å². The Morgan fingerprint density at radius 3 is 2.67 bits per heavy atom. The molecule has 0 radical (unpaired) electrons. The normalized spacial score (nSPS) is 22.3. The van der Waals surface area contributed by atoms with Crippen molar-refractivity contribution in [1.82, 2.24) is 9.29 Å². The topological polar surface area (TPSA) is 50.3 Å². The Balaban J connectivity index is 2.35. The van der Waals surface area contributed by atoms with Crippen molar-refractivity contribution in [3.63, 3.8) is 0 Å². The lowest BCUT2D eigenvalue weighted by molar-refractivity contribution is 0.380. The second-order valence-electron chi connectivity index (χ2n) is 5.67. The van der Waals surface area contributed by atoms with Crippen molar-refractivity contribution < 1.29 is 8.42 Å². The molecule has 2 rings (SSSR count). The molecule has 0 saturated carbocycles. The maximum atomic E-state index is 12.5. The number of pyridine rings is 1. The Bertz CT molecular complexity index is 506. The molecule has 1 atom stereocenters. The Hall–Kier alpha value is -0.940. The molecule has 1 aliphatic rings. The van der Waals surface area contributed by atoms with Crippen molar-refractivity contribution >= 4 is 10.0 Å². The third kappa shape index (κ3) is 2.29.